The van der Waals surface area contributed by atoms with E-state index in [1.165, 1.54) is 16.8 Å². The summed E-state index contributed by atoms with van der Waals surface area (Å²) in [6, 6.07) is 15.5. The predicted molar refractivity (Wildman–Crippen MR) is 109 cm³/mol. The molecule has 1 N–H and O–H groups in total. The Bertz CT molecular complexity index is 1020. The average molecular weight is 425 g/mol. The van der Waals surface area contributed by atoms with E-state index in [4.69, 9.17) is 5.41 Å². The Morgan fingerprint density at radius 1 is 1.19 bits per heavy atom. The van der Waals surface area contributed by atoms with E-state index in [2.05, 4.69) is 26.0 Å². The number of rotatable bonds is 2. The molecule has 26 heavy (non-hydrogen) atoms. The molecule has 0 radical (unpaired) electrons. The van der Waals surface area contributed by atoms with E-state index in [1.807, 2.05) is 55.5 Å². The van der Waals surface area contributed by atoms with Gasteiger partial charge in [0.25, 0.3) is 5.91 Å². The predicted octanol–water partition coefficient (Wildman–Crippen LogP) is 4.42. The quantitative estimate of drug-likeness (QED) is 0.725. The van der Waals surface area contributed by atoms with Gasteiger partial charge in [-0.3, -0.25) is 10.2 Å². The van der Waals surface area contributed by atoms with Crippen LogP contribution in [-0.2, 0) is 4.79 Å². The normalized spacial score (nSPS) is 18.1. The smallest absolute Gasteiger partial charge is 0.282 e. The topological polar surface area (TPSA) is 68.9 Å². The van der Waals surface area contributed by atoms with E-state index in [-0.39, 0.29) is 11.4 Å². The van der Waals surface area contributed by atoms with Crippen molar-refractivity contribution in [2.45, 2.75) is 6.92 Å². The maximum atomic E-state index is 12.4. The Labute approximate surface area is 163 Å². The second kappa shape index (κ2) is 6.66. The molecule has 2 aliphatic heterocycles. The van der Waals surface area contributed by atoms with Crippen molar-refractivity contribution in [3.63, 3.8) is 0 Å². The molecule has 0 atom stereocenters. The molecule has 128 valence electrons. The molecular formula is C19H13BrN4OS. The highest BCUT2D eigenvalue weighted by Crippen LogP contribution is 2.31. The monoisotopic (exact) mass is 424 g/mol. The van der Waals surface area contributed by atoms with Gasteiger partial charge in [0, 0.05) is 10.0 Å². The first kappa shape index (κ1) is 16.9. The maximum Gasteiger partial charge on any atom is 0.283 e. The molecule has 0 aliphatic carbocycles. The SMILES string of the molecule is Cc1ccc(C2=NN3C(=N)C(=Cc4cccc(Br)c4)C(=O)N=C3S2)cc1. The van der Waals surface area contributed by atoms with Gasteiger partial charge in [0.15, 0.2) is 5.84 Å². The van der Waals surface area contributed by atoms with E-state index in [1.54, 1.807) is 6.08 Å². The number of thioether (sulfide) groups is 1. The van der Waals surface area contributed by atoms with Gasteiger partial charge in [-0.1, -0.05) is 57.9 Å². The van der Waals surface area contributed by atoms with Crippen LogP contribution in [0.15, 0.2) is 68.7 Å². The fourth-order valence-corrected chi connectivity index (χ4v) is 3.88. The van der Waals surface area contributed by atoms with Gasteiger partial charge in [-0.15, -0.1) is 0 Å². The van der Waals surface area contributed by atoms with Crippen molar-refractivity contribution in [1.82, 2.24) is 5.01 Å². The van der Waals surface area contributed by atoms with Crippen LogP contribution in [0.2, 0.25) is 0 Å². The lowest BCUT2D eigenvalue weighted by molar-refractivity contribution is -0.114. The standard InChI is InChI=1S/C19H13BrN4OS/c1-11-5-7-13(8-6-11)18-23-24-16(21)15(17(25)22-19(24)26-18)10-12-3-2-4-14(20)9-12/h2-10,21H,1H3. The zero-order chi connectivity index (χ0) is 18.3. The van der Waals surface area contributed by atoms with E-state index in [0.717, 1.165) is 26.2 Å². The van der Waals surface area contributed by atoms with E-state index >= 15 is 0 Å². The minimum Gasteiger partial charge on any atom is -0.282 e. The largest absolute Gasteiger partial charge is 0.283 e. The fraction of sp³-hybridized carbons (Fsp3) is 0.0526. The molecule has 0 saturated heterocycles. The Morgan fingerprint density at radius 2 is 1.96 bits per heavy atom. The lowest BCUT2D eigenvalue weighted by atomic mass is 10.1. The zero-order valence-electron chi connectivity index (χ0n) is 13.7. The number of hydrogen-bond acceptors (Lipinski definition) is 4. The number of hydrazone groups is 1. The molecule has 0 bridgehead atoms. The van der Waals surface area contributed by atoms with Crippen LogP contribution in [0.4, 0.5) is 0 Å². The van der Waals surface area contributed by atoms with Crippen molar-refractivity contribution in [3.8, 4) is 0 Å². The molecule has 1 amide bonds. The molecule has 0 spiro atoms. The average Bonchev–Trinajstić information content (AvgIpc) is 3.03. The van der Waals surface area contributed by atoms with Crippen LogP contribution in [0.5, 0.6) is 0 Å². The molecule has 0 aromatic heterocycles. The first-order valence-electron chi connectivity index (χ1n) is 7.84. The number of amides is 1. The number of aryl methyl sites for hydroxylation is 1. The summed E-state index contributed by atoms with van der Waals surface area (Å²) >= 11 is 4.71. The highest BCUT2D eigenvalue weighted by Gasteiger charge is 2.35. The molecule has 2 aromatic carbocycles. The highest BCUT2D eigenvalue weighted by atomic mass is 79.9. The Morgan fingerprint density at radius 3 is 2.69 bits per heavy atom. The van der Waals surface area contributed by atoms with E-state index < -0.39 is 5.91 Å². The van der Waals surface area contributed by atoms with Crippen LogP contribution in [0.3, 0.4) is 0 Å². The second-order valence-electron chi connectivity index (χ2n) is 5.85. The third-order valence-electron chi connectivity index (χ3n) is 3.91. The van der Waals surface area contributed by atoms with Crippen molar-refractivity contribution in [3.05, 3.63) is 75.3 Å². The van der Waals surface area contributed by atoms with Gasteiger partial charge < -0.3 is 0 Å². The summed E-state index contributed by atoms with van der Waals surface area (Å²) in [6.07, 6.45) is 1.67. The van der Waals surface area contributed by atoms with E-state index in [9.17, 15) is 4.79 Å². The van der Waals surface area contributed by atoms with Gasteiger partial charge in [-0.2, -0.15) is 15.1 Å². The number of halogens is 1. The van der Waals surface area contributed by atoms with Gasteiger partial charge in [-0.05, 0) is 42.5 Å². The maximum absolute atomic E-state index is 12.4. The van der Waals surface area contributed by atoms with Gasteiger partial charge >= 0.3 is 0 Å². The van der Waals surface area contributed by atoms with Crippen LogP contribution in [0.25, 0.3) is 6.08 Å². The molecule has 0 saturated carbocycles. The number of carbonyl (C=O) groups is 1. The van der Waals surface area contributed by atoms with Crippen LogP contribution >= 0.6 is 27.7 Å². The summed E-state index contributed by atoms with van der Waals surface area (Å²) < 4.78 is 0.905. The number of benzene rings is 2. The molecule has 7 heteroatoms. The fourth-order valence-electron chi connectivity index (χ4n) is 2.57. The lowest BCUT2D eigenvalue weighted by Gasteiger charge is -2.20. The minimum absolute atomic E-state index is 0.0367. The van der Waals surface area contributed by atoms with Crippen LogP contribution < -0.4 is 0 Å². The van der Waals surface area contributed by atoms with Crippen molar-refractivity contribution >= 4 is 55.7 Å². The minimum atomic E-state index is -0.422. The summed E-state index contributed by atoms with van der Waals surface area (Å²) in [4.78, 5) is 16.5. The number of fused-ring (bicyclic) bond motifs is 1. The molecule has 5 nitrogen and oxygen atoms in total. The first-order valence-corrected chi connectivity index (χ1v) is 9.45. The van der Waals surface area contributed by atoms with Gasteiger partial charge in [-0.25, -0.2) is 0 Å². The molecular weight excluding hydrogens is 412 g/mol. The molecule has 2 heterocycles. The highest BCUT2D eigenvalue weighted by molar-refractivity contribution is 9.10. The summed E-state index contributed by atoms with van der Waals surface area (Å²) in [5.41, 5.74) is 3.15. The zero-order valence-corrected chi connectivity index (χ0v) is 16.1. The summed E-state index contributed by atoms with van der Waals surface area (Å²) in [5, 5.41) is 15.5. The van der Waals surface area contributed by atoms with Crippen LogP contribution in [-0.4, -0.2) is 27.0 Å². The van der Waals surface area contributed by atoms with Gasteiger partial charge in [0.05, 0.1) is 5.57 Å². The Balaban J connectivity index is 1.69. The van der Waals surface area contributed by atoms with Crippen LogP contribution in [0, 0.1) is 12.3 Å². The number of nitrogens with one attached hydrogen (secondary N) is 1. The van der Waals surface area contributed by atoms with E-state index in [0.29, 0.717) is 5.17 Å². The summed E-state index contributed by atoms with van der Waals surface area (Å²) in [7, 11) is 0. The molecule has 0 unspecified atom stereocenters. The first-order chi connectivity index (χ1) is 12.5. The Kier molecular flexibility index (Phi) is 4.34. The number of amidine groups is 2. The summed E-state index contributed by atoms with van der Waals surface area (Å²) in [5.74, 6) is -0.385. The molecule has 0 fully saturated rings. The molecule has 2 aromatic rings. The number of aliphatic imine (C=N–C) groups is 1. The second-order valence-corrected chi connectivity index (χ2v) is 7.72. The summed E-state index contributed by atoms with van der Waals surface area (Å²) in [6.45, 7) is 2.02. The molecule has 4 rings (SSSR count). The van der Waals surface area contributed by atoms with Gasteiger partial charge in [0.2, 0.25) is 5.17 Å². The van der Waals surface area contributed by atoms with Gasteiger partial charge in [0.1, 0.15) is 5.04 Å². The van der Waals surface area contributed by atoms with Crippen molar-refractivity contribution in [1.29, 1.82) is 5.41 Å². The van der Waals surface area contributed by atoms with Crippen molar-refractivity contribution < 1.29 is 4.79 Å². The van der Waals surface area contributed by atoms with Crippen molar-refractivity contribution in [2.75, 3.05) is 0 Å². The number of hydrogen-bond donors (Lipinski definition) is 1. The third kappa shape index (κ3) is 3.15. The van der Waals surface area contributed by atoms with Crippen LogP contribution in [0.1, 0.15) is 16.7 Å². The number of nitrogens with zero attached hydrogens (tertiary/aromatic N) is 3. The molecule has 2 aliphatic rings. The number of carbonyl (C=O) groups excluding carboxylic acids is 1. The third-order valence-corrected chi connectivity index (χ3v) is 5.36. The lowest BCUT2D eigenvalue weighted by Crippen LogP contribution is -2.35. The Hall–Kier alpha value is -2.51. The van der Waals surface area contributed by atoms with Crippen molar-refractivity contribution in [2.24, 2.45) is 10.1 Å².